The standard InChI is InChI=1S/C13H20N4/c14-12-11(7-15-17-12)16-13-4-8-1-9(5-13)3-10(2-8)6-13/h7-10,16H,1-6H2,(H3,14,15,17). The summed E-state index contributed by atoms with van der Waals surface area (Å²) in [6.45, 7) is 0. The van der Waals surface area contributed by atoms with E-state index >= 15 is 0 Å². The van der Waals surface area contributed by atoms with Crippen molar-refractivity contribution in [2.24, 2.45) is 17.8 Å². The Kier molecular flexibility index (Phi) is 1.83. The largest absolute Gasteiger partial charge is 0.382 e. The molecule has 4 fully saturated rings. The summed E-state index contributed by atoms with van der Waals surface area (Å²) < 4.78 is 0. The average Bonchev–Trinajstić information content (AvgIpc) is 2.61. The molecule has 0 saturated heterocycles. The highest BCUT2D eigenvalue weighted by atomic mass is 15.2. The maximum absolute atomic E-state index is 5.89. The molecule has 0 aliphatic heterocycles. The summed E-state index contributed by atoms with van der Waals surface area (Å²) in [5.41, 5.74) is 7.22. The number of aromatic nitrogens is 2. The number of nitrogens with zero attached hydrogens (tertiary/aromatic N) is 1. The first-order valence-electron chi connectivity index (χ1n) is 6.79. The van der Waals surface area contributed by atoms with Gasteiger partial charge < -0.3 is 11.1 Å². The monoisotopic (exact) mass is 232 g/mol. The molecule has 0 unspecified atom stereocenters. The van der Waals surface area contributed by atoms with E-state index in [1.54, 1.807) is 0 Å². The maximum Gasteiger partial charge on any atom is 0.142 e. The van der Waals surface area contributed by atoms with E-state index in [-0.39, 0.29) is 0 Å². The molecule has 0 spiro atoms. The SMILES string of the molecule is Nc1[nH]ncc1NC12CC3CC(CC(C3)C1)C2. The van der Waals surface area contributed by atoms with Crippen molar-refractivity contribution in [3.8, 4) is 0 Å². The van der Waals surface area contributed by atoms with Crippen LogP contribution < -0.4 is 11.1 Å². The topological polar surface area (TPSA) is 66.7 Å². The van der Waals surface area contributed by atoms with Gasteiger partial charge in [-0.3, -0.25) is 5.10 Å². The highest BCUT2D eigenvalue weighted by molar-refractivity contribution is 5.61. The van der Waals surface area contributed by atoms with E-state index in [1.165, 1.54) is 38.5 Å². The number of hydrogen-bond acceptors (Lipinski definition) is 3. The van der Waals surface area contributed by atoms with Crippen LogP contribution in [-0.4, -0.2) is 15.7 Å². The molecule has 0 aromatic carbocycles. The summed E-state index contributed by atoms with van der Waals surface area (Å²) in [4.78, 5) is 0. The highest BCUT2D eigenvalue weighted by Gasteiger charge is 2.51. The van der Waals surface area contributed by atoms with Gasteiger partial charge in [-0.1, -0.05) is 0 Å². The Morgan fingerprint density at radius 3 is 2.24 bits per heavy atom. The quantitative estimate of drug-likeness (QED) is 0.733. The van der Waals surface area contributed by atoms with Gasteiger partial charge in [0.05, 0.1) is 11.9 Å². The van der Waals surface area contributed by atoms with Gasteiger partial charge in [-0.15, -0.1) is 0 Å². The summed E-state index contributed by atoms with van der Waals surface area (Å²) in [7, 11) is 0. The summed E-state index contributed by atoms with van der Waals surface area (Å²) in [6.07, 6.45) is 10.3. The van der Waals surface area contributed by atoms with Crippen molar-refractivity contribution in [1.82, 2.24) is 10.2 Å². The lowest BCUT2D eigenvalue weighted by Gasteiger charge is -2.57. The second-order valence-electron chi connectivity index (χ2n) is 6.52. The molecule has 4 aliphatic rings. The van der Waals surface area contributed by atoms with Gasteiger partial charge in [0.1, 0.15) is 5.82 Å². The average molecular weight is 232 g/mol. The predicted molar refractivity (Wildman–Crippen MR) is 67.5 cm³/mol. The van der Waals surface area contributed by atoms with Gasteiger partial charge in [-0.25, -0.2) is 0 Å². The zero-order valence-corrected chi connectivity index (χ0v) is 10.1. The lowest BCUT2D eigenvalue weighted by atomic mass is 9.53. The van der Waals surface area contributed by atoms with Crippen molar-refractivity contribution in [2.75, 3.05) is 11.1 Å². The van der Waals surface area contributed by atoms with Gasteiger partial charge in [0.15, 0.2) is 0 Å². The Balaban J connectivity index is 1.62. The summed E-state index contributed by atoms with van der Waals surface area (Å²) in [6, 6.07) is 0. The van der Waals surface area contributed by atoms with Crippen LogP contribution in [0.15, 0.2) is 6.20 Å². The number of nitrogens with one attached hydrogen (secondary N) is 2. The van der Waals surface area contributed by atoms with Crippen LogP contribution in [0.2, 0.25) is 0 Å². The Morgan fingerprint density at radius 1 is 1.18 bits per heavy atom. The summed E-state index contributed by atoms with van der Waals surface area (Å²) in [5.74, 6) is 3.56. The Hall–Kier alpha value is -1.19. The van der Waals surface area contributed by atoms with E-state index in [2.05, 4.69) is 15.5 Å². The van der Waals surface area contributed by atoms with E-state index in [4.69, 9.17) is 5.73 Å². The Bertz CT molecular complexity index is 401. The maximum atomic E-state index is 5.89. The van der Waals surface area contributed by atoms with E-state index in [0.717, 1.165) is 23.4 Å². The number of nitrogen functional groups attached to an aromatic ring is 1. The number of rotatable bonds is 2. The molecule has 0 atom stereocenters. The van der Waals surface area contributed by atoms with E-state index in [1.807, 2.05) is 6.20 Å². The molecule has 1 aromatic heterocycles. The van der Waals surface area contributed by atoms with Crippen LogP contribution in [0.3, 0.4) is 0 Å². The van der Waals surface area contributed by atoms with Crippen LogP contribution in [0.5, 0.6) is 0 Å². The van der Waals surface area contributed by atoms with Crippen molar-refractivity contribution in [1.29, 1.82) is 0 Å². The molecule has 4 nitrogen and oxygen atoms in total. The highest BCUT2D eigenvalue weighted by Crippen LogP contribution is 2.56. The molecule has 4 heteroatoms. The van der Waals surface area contributed by atoms with Gasteiger partial charge in [0.25, 0.3) is 0 Å². The smallest absolute Gasteiger partial charge is 0.142 e. The molecule has 92 valence electrons. The van der Waals surface area contributed by atoms with Gasteiger partial charge in [0.2, 0.25) is 0 Å². The molecule has 4 saturated carbocycles. The van der Waals surface area contributed by atoms with Crippen LogP contribution in [-0.2, 0) is 0 Å². The molecular formula is C13H20N4. The van der Waals surface area contributed by atoms with Crippen LogP contribution in [0.4, 0.5) is 11.5 Å². The number of anilines is 2. The van der Waals surface area contributed by atoms with Crippen molar-refractivity contribution in [2.45, 2.75) is 44.1 Å². The van der Waals surface area contributed by atoms with Crippen molar-refractivity contribution in [3.05, 3.63) is 6.20 Å². The fourth-order valence-electron chi connectivity index (χ4n) is 4.95. The molecule has 1 heterocycles. The van der Waals surface area contributed by atoms with Crippen LogP contribution in [0.1, 0.15) is 38.5 Å². The predicted octanol–water partition coefficient (Wildman–Crippen LogP) is 2.37. The lowest BCUT2D eigenvalue weighted by Crippen LogP contribution is -2.54. The molecule has 0 amide bonds. The first-order valence-corrected chi connectivity index (χ1v) is 6.79. The molecule has 17 heavy (non-hydrogen) atoms. The molecular weight excluding hydrogens is 212 g/mol. The van der Waals surface area contributed by atoms with Crippen molar-refractivity contribution in [3.63, 3.8) is 0 Å². The molecule has 4 bridgehead atoms. The molecule has 5 rings (SSSR count). The van der Waals surface area contributed by atoms with E-state index in [0.29, 0.717) is 11.4 Å². The number of nitrogens with two attached hydrogens (primary N) is 1. The number of hydrogen-bond donors (Lipinski definition) is 3. The van der Waals surface area contributed by atoms with Crippen molar-refractivity contribution < 1.29 is 0 Å². The normalized spacial score (nSPS) is 42.9. The van der Waals surface area contributed by atoms with Crippen molar-refractivity contribution >= 4 is 11.5 Å². The fraction of sp³-hybridized carbons (Fsp3) is 0.769. The lowest BCUT2D eigenvalue weighted by molar-refractivity contribution is 0.0107. The van der Waals surface area contributed by atoms with Crippen LogP contribution >= 0.6 is 0 Å². The first kappa shape index (κ1) is 9.80. The second-order valence-corrected chi connectivity index (χ2v) is 6.52. The van der Waals surface area contributed by atoms with Gasteiger partial charge >= 0.3 is 0 Å². The number of H-pyrrole nitrogens is 1. The minimum Gasteiger partial charge on any atom is -0.382 e. The van der Waals surface area contributed by atoms with Crippen LogP contribution in [0, 0.1) is 17.8 Å². The molecule has 4 aliphatic carbocycles. The van der Waals surface area contributed by atoms with Gasteiger partial charge in [-0.05, 0) is 56.3 Å². The third kappa shape index (κ3) is 1.46. The van der Waals surface area contributed by atoms with Crippen LogP contribution in [0.25, 0.3) is 0 Å². The second kappa shape index (κ2) is 3.18. The minimum atomic E-state index is 0.326. The van der Waals surface area contributed by atoms with Gasteiger partial charge in [0, 0.05) is 5.54 Å². The van der Waals surface area contributed by atoms with Gasteiger partial charge in [-0.2, -0.15) is 5.10 Å². The fourth-order valence-corrected chi connectivity index (χ4v) is 4.95. The summed E-state index contributed by atoms with van der Waals surface area (Å²) in [5, 5.41) is 10.5. The molecule has 0 radical (unpaired) electrons. The molecule has 1 aromatic rings. The summed E-state index contributed by atoms with van der Waals surface area (Å²) >= 11 is 0. The minimum absolute atomic E-state index is 0.326. The Morgan fingerprint density at radius 2 is 1.76 bits per heavy atom. The molecule has 4 N–H and O–H groups in total. The third-order valence-corrected chi connectivity index (χ3v) is 5.11. The first-order chi connectivity index (χ1) is 8.22. The zero-order valence-electron chi connectivity index (χ0n) is 10.1. The Labute approximate surface area is 101 Å². The van der Waals surface area contributed by atoms with E-state index in [9.17, 15) is 0 Å². The third-order valence-electron chi connectivity index (χ3n) is 5.11. The number of aromatic amines is 1. The zero-order chi connectivity index (χ0) is 11.5. The van der Waals surface area contributed by atoms with E-state index < -0.39 is 0 Å².